The minimum Gasteiger partial charge on any atom is -0.372 e. The summed E-state index contributed by atoms with van der Waals surface area (Å²) >= 11 is 0. The SMILES string of the molecule is CNS(=O)(=O)c1ccc(C)c(C(=O)N2C[C@@H](C)O[C@@H](C)C2)c1. The van der Waals surface area contributed by atoms with E-state index >= 15 is 0 Å². The quantitative estimate of drug-likeness (QED) is 0.904. The van der Waals surface area contributed by atoms with Gasteiger partial charge in [0.1, 0.15) is 0 Å². The molecule has 0 spiro atoms. The highest BCUT2D eigenvalue weighted by molar-refractivity contribution is 7.89. The Morgan fingerprint density at radius 3 is 2.41 bits per heavy atom. The molecule has 7 heteroatoms. The number of hydrogen-bond donors (Lipinski definition) is 1. The van der Waals surface area contributed by atoms with Crippen LogP contribution in [-0.2, 0) is 14.8 Å². The monoisotopic (exact) mass is 326 g/mol. The second kappa shape index (κ2) is 6.36. The third-order valence-electron chi connectivity index (χ3n) is 3.73. The molecule has 1 aliphatic heterocycles. The van der Waals surface area contributed by atoms with Gasteiger partial charge in [0.2, 0.25) is 10.0 Å². The number of amides is 1. The van der Waals surface area contributed by atoms with Crippen molar-refractivity contribution in [1.29, 1.82) is 0 Å². The lowest BCUT2D eigenvalue weighted by atomic mass is 10.1. The van der Waals surface area contributed by atoms with Crippen LogP contribution in [0.1, 0.15) is 29.8 Å². The zero-order chi connectivity index (χ0) is 16.5. The highest BCUT2D eigenvalue weighted by atomic mass is 32.2. The number of carbonyl (C=O) groups excluding carboxylic acids is 1. The number of ether oxygens (including phenoxy) is 1. The Morgan fingerprint density at radius 2 is 1.86 bits per heavy atom. The number of nitrogens with one attached hydrogen (secondary N) is 1. The standard InChI is InChI=1S/C15H22N2O4S/c1-10-5-6-13(22(19,20)16-4)7-14(10)15(18)17-8-11(2)21-12(3)9-17/h5-7,11-12,16H,8-9H2,1-4H3/t11-,12+. The first-order valence-electron chi connectivity index (χ1n) is 7.23. The van der Waals surface area contributed by atoms with Gasteiger partial charge in [-0.25, -0.2) is 13.1 Å². The average molecular weight is 326 g/mol. The molecule has 0 bridgehead atoms. The van der Waals surface area contributed by atoms with Gasteiger partial charge in [0.25, 0.3) is 5.91 Å². The van der Waals surface area contributed by atoms with Gasteiger partial charge in [-0.2, -0.15) is 0 Å². The maximum Gasteiger partial charge on any atom is 0.254 e. The summed E-state index contributed by atoms with van der Waals surface area (Å²) in [7, 11) is -2.22. The second-order valence-electron chi connectivity index (χ2n) is 5.65. The van der Waals surface area contributed by atoms with E-state index in [4.69, 9.17) is 4.74 Å². The summed E-state index contributed by atoms with van der Waals surface area (Å²) in [5, 5.41) is 0. The summed E-state index contributed by atoms with van der Waals surface area (Å²) in [5.74, 6) is -0.160. The number of sulfonamides is 1. The van der Waals surface area contributed by atoms with Gasteiger partial charge < -0.3 is 9.64 Å². The predicted molar refractivity (Wildman–Crippen MR) is 83.3 cm³/mol. The van der Waals surface area contributed by atoms with Crippen molar-refractivity contribution in [3.63, 3.8) is 0 Å². The predicted octanol–water partition coefficient (Wildman–Crippen LogP) is 1.15. The summed E-state index contributed by atoms with van der Waals surface area (Å²) in [6, 6.07) is 4.60. The number of rotatable bonds is 3. The van der Waals surface area contributed by atoms with Crippen LogP contribution in [0, 0.1) is 6.92 Å². The van der Waals surface area contributed by atoms with Crippen LogP contribution in [0.2, 0.25) is 0 Å². The maximum atomic E-state index is 12.7. The van der Waals surface area contributed by atoms with E-state index in [0.717, 1.165) is 5.56 Å². The highest BCUT2D eigenvalue weighted by Crippen LogP contribution is 2.20. The van der Waals surface area contributed by atoms with Crippen molar-refractivity contribution in [2.45, 2.75) is 37.9 Å². The Kier molecular flexibility index (Phi) is 4.89. The zero-order valence-corrected chi connectivity index (χ0v) is 14.1. The van der Waals surface area contributed by atoms with Crippen molar-refractivity contribution in [3.05, 3.63) is 29.3 Å². The topological polar surface area (TPSA) is 75.7 Å². The molecular weight excluding hydrogens is 304 g/mol. The third kappa shape index (κ3) is 3.48. The van der Waals surface area contributed by atoms with E-state index in [1.165, 1.54) is 19.2 Å². The molecule has 0 unspecified atom stereocenters. The summed E-state index contributed by atoms with van der Waals surface area (Å²) in [4.78, 5) is 14.5. The molecule has 1 saturated heterocycles. The molecule has 0 aliphatic carbocycles. The van der Waals surface area contributed by atoms with Crippen molar-refractivity contribution in [1.82, 2.24) is 9.62 Å². The van der Waals surface area contributed by atoms with Crippen LogP contribution in [0.3, 0.4) is 0 Å². The van der Waals surface area contributed by atoms with Crippen LogP contribution in [-0.4, -0.2) is 51.6 Å². The first-order valence-corrected chi connectivity index (χ1v) is 8.72. The third-order valence-corrected chi connectivity index (χ3v) is 5.14. The van der Waals surface area contributed by atoms with Gasteiger partial charge in [0.05, 0.1) is 17.1 Å². The molecular formula is C15H22N2O4S. The molecule has 2 atom stereocenters. The molecule has 6 nitrogen and oxygen atoms in total. The maximum absolute atomic E-state index is 12.7. The second-order valence-corrected chi connectivity index (χ2v) is 7.54. The number of benzene rings is 1. The molecule has 1 heterocycles. The summed E-state index contributed by atoms with van der Waals surface area (Å²) in [6.07, 6.45) is -0.0607. The van der Waals surface area contributed by atoms with Crippen molar-refractivity contribution >= 4 is 15.9 Å². The lowest BCUT2D eigenvalue weighted by Gasteiger charge is -2.35. The number of carbonyl (C=O) groups is 1. The summed E-state index contributed by atoms with van der Waals surface area (Å²) < 4.78 is 31.7. The summed E-state index contributed by atoms with van der Waals surface area (Å²) in [5.41, 5.74) is 1.17. The van der Waals surface area contributed by atoms with Crippen molar-refractivity contribution in [3.8, 4) is 0 Å². The fraction of sp³-hybridized carbons (Fsp3) is 0.533. The average Bonchev–Trinajstić information content (AvgIpc) is 2.45. The fourth-order valence-corrected chi connectivity index (χ4v) is 3.39. The highest BCUT2D eigenvalue weighted by Gasteiger charge is 2.28. The first-order chi connectivity index (χ1) is 10.2. The lowest BCUT2D eigenvalue weighted by molar-refractivity contribution is -0.0586. The molecule has 1 aromatic carbocycles. The Hall–Kier alpha value is -1.44. The van der Waals surface area contributed by atoms with E-state index in [1.54, 1.807) is 17.9 Å². The van der Waals surface area contributed by atoms with Gasteiger partial charge in [-0.1, -0.05) is 6.07 Å². The van der Waals surface area contributed by atoms with Crippen LogP contribution in [0.5, 0.6) is 0 Å². The van der Waals surface area contributed by atoms with Crippen LogP contribution in [0.25, 0.3) is 0 Å². The molecule has 0 aromatic heterocycles. The van der Waals surface area contributed by atoms with Crippen molar-refractivity contribution in [2.75, 3.05) is 20.1 Å². The Balaban J connectivity index is 2.35. The zero-order valence-electron chi connectivity index (χ0n) is 13.3. The fourth-order valence-electron chi connectivity index (χ4n) is 2.63. The Morgan fingerprint density at radius 1 is 1.27 bits per heavy atom. The Labute approximate surface area is 131 Å². The molecule has 22 heavy (non-hydrogen) atoms. The first kappa shape index (κ1) is 16.9. The normalized spacial score (nSPS) is 22.6. The molecule has 1 fully saturated rings. The molecule has 0 saturated carbocycles. The van der Waals surface area contributed by atoms with Crippen LogP contribution >= 0.6 is 0 Å². The van der Waals surface area contributed by atoms with Gasteiger partial charge in [0, 0.05) is 18.7 Å². The molecule has 0 radical (unpaired) electrons. The Bertz CT molecular complexity index is 662. The minimum atomic E-state index is -3.57. The van der Waals surface area contributed by atoms with E-state index in [1.807, 2.05) is 13.8 Å². The number of aryl methyl sites for hydroxylation is 1. The number of hydrogen-bond acceptors (Lipinski definition) is 4. The van der Waals surface area contributed by atoms with E-state index in [2.05, 4.69) is 4.72 Å². The van der Waals surface area contributed by atoms with Crippen LogP contribution in [0.4, 0.5) is 0 Å². The van der Waals surface area contributed by atoms with E-state index in [9.17, 15) is 13.2 Å². The van der Waals surface area contributed by atoms with Gasteiger partial charge in [-0.3, -0.25) is 4.79 Å². The molecule has 2 rings (SSSR count). The minimum absolute atomic E-state index is 0.0303. The van der Waals surface area contributed by atoms with E-state index in [-0.39, 0.29) is 23.0 Å². The number of nitrogens with zero attached hydrogens (tertiary/aromatic N) is 1. The van der Waals surface area contributed by atoms with Crippen LogP contribution < -0.4 is 4.72 Å². The van der Waals surface area contributed by atoms with Gasteiger partial charge in [-0.05, 0) is 45.5 Å². The van der Waals surface area contributed by atoms with Gasteiger partial charge in [0.15, 0.2) is 0 Å². The molecule has 1 aliphatic rings. The van der Waals surface area contributed by atoms with Gasteiger partial charge in [-0.15, -0.1) is 0 Å². The summed E-state index contributed by atoms with van der Waals surface area (Å²) in [6.45, 7) is 6.66. The number of morpholine rings is 1. The molecule has 1 amide bonds. The van der Waals surface area contributed by atoms with E-state index < -0.39 is 10.0 Å². The molecule has 1 aromatic rings. The largest absolute Gasteiger partial charge is 0.372 e. The van der Waals surface area contributed by atoms with E-state index in [0.29, 0.717) is 18.7 Å². The molecule has 1 N–H and O–H groups in total. The van der Waals surface area contributed by atoms with Crippen LogP contribution in [0.15, 0.2) is 23.1 Å². The smallest absolute Gasteiger partial charge is 0.254 e. The van der Waals surface area contributed by atoms with Gasteiger partial charge >= 0.3 is 0 Å². The molecule has 122 valence electrons. The van der Waals surface area contributed by atoms with Crippen molar-refractivity contribution in [2.24, 2.45) is 0 Å². The lowest BCUT2D eigenvalue weighted by Crippen LogP contribution is -2.48. The van der Waals surface area contributed by atoms with Crippen molar-refractivity contribution < 1.29 is 17.9 Å².